The van der Waals surface area contributed by atoms with Crippen molar-refractivity contribution in [3.05, 3.63) is 0 Å². The summed E-state index contributed by atoms with van der Waals surface area (Å²) in [5, 5.41) is 99.4. The highest BCUT2D eigenvalue weighted by Crippen LogP contribution is 2.07. The SMILES string of the molecule is O=C(O)CN1CCN(CC(=O)O)CCN(C(=O)O)CCN(CC(O)CN(CCN(CC(=O)O)CC(O)CN2CCN(CC(=O)O)CCN(CC(=O)O)CCN(C(=O)O)CC2)CC(=O)O)CC1. The molecule has 0 aromatic rings. The molecule has 28 nitrogen and oxygen atoms in total. The third-order valence-corrected chi connectivity index (χ3v) is 11.0. The molecule has 2 unspecified atom stereocenters. The average Bonchev–Trinajstić information content (AvgIpc) is 3.18. The van der Waals surface area contributed by atoms with E-state index in [1.54, 1.807) is 19.6 Å². The first kappa shape index (κ1) is 57.1. The smallest absolute Gasteiger partial charge is 0.407 e. The minimum absolute atomic E-state index is 0.0453. The van der Waals surface area contributed by atoms with Gasteiger partial charge in [0.05, 0.1) is 51.5 Å². The third kappa shape index (κ3) is 25.6. The highest BCUT2D eigenvalue weighted by molar-refractivity contribution is 5.71. The largest absolute Gasteiger partial charge is 0.480 e. The topological polar surface area (TPSA) is 371 Å². The lowest BCUT2D eigenvalue weighted by Gasteiger charge is -2.34. The zero-order valence-electron chi connectivity index (χ0n) is 37.2. The molecule has 2 amide bonds. The predicted molar refractivity (Wildman–Crippen MR) is 229 cm³/mol. The Kier molecular flexibility index (Phi) is 26.2. The van der Waals surface area contributed by atoms with Gasteiger partial charge >= 0.3 is 48.0 Å². The van der Waals surface area contributed by atoms with Gasteiger partial charge in [-0.25, -0.2) is 9.59 Å². The average molecular weight is 953 g/mol. The fraction of sp³-hybridized carbons (Fsp3) is 0.789. The highest BCUT2D eigenvalue weighted by atomic mass is 16.4. The van der Waals surface area contributed by atoms with E-state index in [1.807, 2.05) is 0 Å². The molecule has 2 heterocycles. The lowest BCUT2D eigenvalue weighted by atomic mass is 10.2. The Balaban J connectivity index is 2.18. The molecule has 378 valence electrons. The van der Waals surface area contributed by atoms with Crippen LogP contribution in [0.4, 0.5) is 9.59 Å². The van der Waals surface area contributed by atoms with Gasteiger partial charge in [-0.1, -0.05) is 0 Å². The van der Waals surface area contributed by atoms with Gasteiger partial charge < -0.3 is 60.9 Å². The summed E-state index contributed by atoms with van der Waals surface area (Å²) < 4.78 is 0. The van der Waals surface area contributed by atoms with Crippen LogP contribution in [0.3, 0.4) is 0 Å². The van der Waals surface area contributed by atoms with Gasteiger partial charge in [0.25, 0.3) is 0 Å². The number of aliphatic hydroxyl groups excluding tert-OH is 2. The Morgan fingerprint density at radius 1 is 0.348 bits per heavy atom. The van der Waals surface area contributed by atoms with E-state index in [2.05, 4.69) is 0 Å². The van der Waals surface area contributed by atoms with Crippen LogP contribution in [0.15, 0.2) is 0 Å². The van der Waals surface area contributed by atoms with Crippen molar-refractivity contribution in [1.82, 2.24) is 49.0 Å². The molecule has 2 aliphatic rings. The number of carboxylic acid groups (broad SMARTS) is 8. The maximum absolute atomic E-state index is 12.1. The molecule has 2 saturated heterocycles. The molecule has 28 heteroatoms. The number of carboxylic acids is 6. The van der Waals surface area contributed by atoms with E-state index in [-0.39, 0.29) is 170 Å². The predicted octanol–water partition coefficient (Wildman–Crippen LogP) is -5.38. The molecule has 2 rings (SSSR count). The molecule has 2 fully saturated rings. The number of carbonyl (C=O) groups is 8. The highest BCUT2D eigenvalue weighted by Gasteiger charge is 2.26. The Labute approximate surface area is 381 Å². The van der Waals surface area contributed by atoms with Crippen LogP contribution in [-0.2, 0) is 28.8 Å². The van der Waals surface area contributed by atoms with Gasteiger partial charge in [-0.2, -0.15) is 0 Å². The number of nitrogens with zero attached hydrogens (tertiary/aromatic N) is 10. The van der Waals surface area contributed by atoms with Gasteiger partial charge in [-0.05, 0) is 0 Å². The molecule has 0 aliphatic carbocycles. The molecule has 2 aliphatic heterocycles. The van der Waals surface area contributed by atoms with E-state index >= 15 is 0 Å². The van der Waals surface area contributed by atoms with Gasteiger partial charge in [0.15, 0.2) is 0 Å². The molecule has 66 heavy (non-hydrogen) atoms. The number of amides is 2. The molecule has 0 aromatic carbocycles. The zero-order chi connectivity index (χ0) is 49.3. The summed E-state index contributed by atoms with van der Waals surface area (Å²) in [6.07, 6.45) is -4.96. The molecule has 10 N–H and O–H groups in total. The molecule has 2 atom stereocenters. The monoisotopic (exact) mass is 952 g/mol. The quantitative estimate of drug-likeness (QED) is 0.0457. The number of β-amino-alcohol motifs (C(OH)–C–C–N with tert-alkyl or cyclic N) is 2. The fourth-order valence-electron chi connectivity index (χ4n) is 7.66. The van der Waals surface area contributed by atoms with E-state index in [0.717, 1.165) is 9.80 Å². The lowest BCUT2D eigenvalue weighted by molar-refractivity contribution is -0.140. The second-order valence-electron chi connectivity index (χ2n) is 16.4. The molecule has 0 radical (unpaired) electrons. The van der Waals surface area contributed by atoms with Crippen molar-refractivity contribution < 1.29 is 89.4 Å². The van der Waals surface area contributed by atoms with Crippen LogP contribution in [0, 0.1) is 0 Å². The standard InChI is InChI=1S/C38H68N10O18/c49-29(19-39-1-3-41(23-31(51)52)5-7-43(25-33(55)56)13-17-47(15-11-39)37(63)64)21-45(27-35(59)60)9-10-46(28-36(61)62)22-30(50)20-40-2-4-42(24-32(53)54)6-8-44(26-34(57)58)14-18-48(16-12-40)38(65)66/h29-30,49-50H,1-28H2,(H,51,52)(H,53,54)(H,55,56)(H,57,58)(H,59,60)(H,61,62)(H,63,64)(H,65,66). The minimum atomic E-state index is -1.26. The van der Waals surface area contributed by atoms with Crippen molar-refractivity contribution in [2.75, 3.05) is 183 Å². The molecular formula is C38H68N10O18. The summed E-state index contributed by atoms with van der Waals surface area (Å²) in [7, 11) is 0. The van der Waals surface area contributed by atoms with Gasteiger partial charge in [0, 0.05) is 144 Å². The van der Waals surface area contributed by atoms with Crippen LogP contribution in [0.5, 0.6) is 0 Å². The first-order valence-electron chi connectivity index (χ1n) is 21.5. The van der Waals surface area contributed by atoms with E-state index in [0.29, 0.717) is 0 Å². The number of rotatable bonds is 23. The normalized spacial score (nSPS) is 19.2. The Morgan fingerprint density at radius 2 is 0.576 bits per heavy atom. The van der Waals surface area contributed by atoms with E-state index in [4.69, 9.17) is 0 Å². The van der Waals surface area contributed by atoms with Crippen LogP contribution < -0.4 is 0 Å². The van der Waals surface area contributed by atoms with Crippen LogP contribution in [0.25, 0.3) is 0 Å². The summed E-state index contributed by atoms with van der Waals surface area (Å²) in [5.74, 6) is -7.01. The van der Waals surface area contributed by atoms with Gasteiger partial charge in [0.1, 0.15) is 0 Å². The summed E-state index contributed by atoms with van der Waals surface area (Å²) in [5.41, 5.74) is 0. The van der Waals surface area contributed by atoms with Gasteiger partial charge in [-0.3, -0.25) is 68.0 Å². The molecule has 0 aromatic heterocycles. The molecular weight excluding hydrogens is 884 g/mol. The second kappa shape index (κ2) is 30.3. The van der Waals surface area contributed by atoms with Crippen molar-refractivity contribution >= 4 is 48.0 Å². The summed E-state index contributed by atoms with van der Waals surface area (Å²) in [4.78, 5) is 109. The lowest BCUT2D eigenvalue weighted by Crippen LogP contribution is -2.51. The molecule has 0 saturated carbocycles. The van der Waals surface area contributed by atoms with Crippen molar-refractivity contribution in [2.45, 2.75) is 12.2 Å². The van der Waals surface area contributed by atoms with Crippen molar-refractivity contribution in [1.29, 1.82) is 0 Å². The minimum Gasteiger partial charge on any atom is -0.480 e. The van der Waals surface area contributed by atoms with E-state index < -0.39 is 73.3 Å². The van der Waals surface area contributed by atoms with Gasteiger partial charge in [0.2, 0.25) is 0 Å². The summed E-state index contributed by atoms with van der Waals surface area (Å²) >= 11 is 0. The maximum atomic E-state index is 12.1. The summed E-state index contributed by atoms with van der Waals surface area (Å²) in [6.45, 7) is -2.09. The third-order valence-electron chi connectivity index (χ3n) is 11.0. The number of aliphatic hydroxyl groups is 2. The number of hydrogen-bond donors (Lipinski definition) is 10. The number of aliphatic carboxylic acids is 6. The maximum Gasteiger partial charge on any atom is 0.407 e. The van der Waals surface area contributed by atoms with Crippen molar-refractivity contribution in [3.63, 3.8) is 0 Å². The van der Waals surface area contributed by atoms with Crippen LogP contribution in [-0.4, -0.2) is 344 Å². The first-order chi connectivity index (χ1) is 31.1. The van der Waals surface area contributed by atoms with Crippen molar-refractivity contribution in [3.8, 4) is 0 Å². The van der Waals surface area contributed by atoms with Crippen molar-refractivity contribution in [2.24, 2.45) is 0 Å². The van der Waals surface area contributed by atoms with Gasteiger partial charge in [-0.15, -0.1) is 0 Å². The van der Waals surface area contributed by atoms with Crippen LogP contribution >= 0.6 is 0 Å². The zero-order valence-corrected chi connectivity index (χ0v) is 37.2. The van der Waals surface area contributed by atoms with E-state index in [1.165, 1.54) is 19.6 Å². The molecule has 0 bridgehead atoms. The Bertz CT molecular complexity index is 1470. The second-order valence-corrected chi connectivity index (χ2v) is 16.4. The van der Waals surface area contributed by atoms with Crippen LogP contribution in [0.1, 0.15) is 0 Å². The first-order valence-corrected chi connectivity index (χ1v) is 21.5. The Hall–Kier alpha value is -5.04. The molecule has 0 spiro atoms. The Morgan fingerprint density at radius 3 is 0.803 bits per heavy atom. The number of hydrogen-bond acceptors (Lipinski definition) is 18. The van der Waals surface area contributed by atoms with Crippen LogP contribution in [0.2, 0.25) is 0 Å². The van der Waals surface area contributed by atoms with E-state index in [9.17, 15) is 89.4 Å². The summed E-state index contributed by atoms with van der Waals surface area (Å²) in [6, 6.07) is 0. The fourth-order valence-corrected chi connectivity index (χ4v) is 7.66.